The zero-order chi connectivity index (χ0) is 4.50. The summed E-state index contributed by atoms with van der Waals surface area (Å²) in [4.78, 5) is 25.6. The summed E-state index contributed by atoms with van der Waals surface area (Å²) in [6.07, 6.45) is 0. The monoisotopic (exact) mass is 221 g/mol. The Labute approximate surface area is 79.8 Å². The van der Waals surface area contributed by atoms with Gasteiger partial charge in [0.15, 0.2) is 0 Å². The van der Waals surface area contributed by atoms with E-state index in [0.717, 1.165) is 0 Å². The van der Waals surface area contributed by atoms with E-state index in [9.17, 15) is 0 Å². The van der Waals surface area contributed by atoms with Gasteiger partial charge in [-0.25, -0.2) is 0 Å². The Bertz CT molecular complexity index is 62.2. The van der Waals surface area contributed by atoms with Gasteiger partial charge < -0.3 is 19.2 Å². The van der Waals surface area contributed by atoms with Crippen molar-refractivity contribution in [3.8, 4) is 0 Å². The number of phosphoric acid groups is 1. The van der Waals surface area contributed by atoms with Crippen molar-refractivity contribution in [3.05, 3.63) is 0 Å². The van der Waals surface area contributed by atoms with Gasteiger partial charge in [-0.2, -0.15) is 7.82 Å². The van der Waals surface area contributed by atoms with Crippen LogP contribution in [0.15, 0.2) is 0 Å². The third-order valence-corrected chi connectivity index (χ3v) is 0. The fourth-order valence-corrected chi connectivity index (χ4v) is 0. The van der Waals surface area contributed by atoms with Crippen molar-refractivity contribution in [2.24, 2.45) is 0 Å². The third kappa shape index (κ3) is 116. The van der Waals surface area contributed by atoms with Crippen molar-refractivity contribution < 1.29 is 72.2 Å². The molecule has 8 heteroatoms. The molecule has 0 aliphatic carbocycles. The summed E-state index contributed by atoms with van der Waals surface area (Å²) in [5.41, 5.74) is 0. The number of hydrogen-bond donors (Lipinski definition) is 0. The van der Waals surface area contributed by atoms with Gasteiger partial charge in [0.25, 0.3) is 0 Å². The van der Waals surface area contributed by atoms with E-state index in [-0.39, 0.29) is 53.0 Å². The van der Waals surface area contributed by atoms with Crippen molar-refractivity contribution >= 4 is 7.82 Å². The predicted molar refractivity (Wildman–Crippen MR) is 7.61 cm³/mol. The van der Waals surface area contributed by atoms with Gasteiger partial charge in [0.2, 0.25) is 0 Å². The maximum atomic E-state index is 8.55. The van der Waals surface area contributed by atoms with Crippen LogP contribution in [-0.2, 0) is 38.7 Å². The summed E-state index contributed by atoms with van der Waals surface area (Å²) in [7, 11) is -5.39. The summed E-state index contributed by atoms with van der Waals surface area (Å²) < 4.78 is 8.55. The minimum absolute atomic E-state index is 0. The average Bonchev–Trinajstić information content (AvgIpc) is 0.722. The second-order valence-electron chi connectivity index (χ2n) is 0.447. The Morgan fingerprint density at radius 1 is 1.12 bits per heavy atom. The van der Waals surface area contributed by atoms with Crippen LogP contribution < -0.4 is 33.5 Å². The van der Waals surface area contributed by atoms with Crippen LogP contribution in [0.25, 0.3) is 0 Å². The predicted octanol–water partition coefficient (Wildman–Crippen LogP) is -5.83. The molecular formula is CuFeLiO4P. The molecule has 4 nitrogen and oxygen atoms in total. The van der Waals surface area contributed by atoms with Crippen LogP contribution in [0.2, 0.25) is 0 Å². The van der Waals surface area contributed by atoms with Crippen LogP contribution in [-0.4, -0.2) is 0 Å². The molecule has 1 radical (unpaired) electrons. The van der Waals surface area contributed by atoms with Gasteiger partial charge in [-0.15, -0.1) is 0 Å². The molecule has 0 N–H and O–H groups in total. The minimum atomic E-state index is -5.39. The Kier molecular flexibility index (Phi) is 24.7. The van der Waals surface area contributed by atoms with Gasteiger partial charge in [-0.1, -0.05) is 0 Å². The Hall–Kier alpha value is 1.75. The van der Waals surface area contributed by atoms with Gasteiger partial charge >= 0.3 is 35.9 Å². The van der Waals surface area contributed by atoms with Crippen molar-refractivity contribution in [2.45, 2.75) is 0 Å². The summed E-state index contributed by atoms with van der Waals surface area (Å²) >= 11 is 0. The quantitative estimate of drug-likeness (QED) is 0.301. The maximum absolute atomic E-state index is 8.55. The normalized spacial score (nSPS) is 7.38. The Morgan fingerprint density at radius 3 is 1.12 bits per heavy atom. The third-order valence-electron chi connectivity index (χ3n) is 0. The van der Waals surface area contributed by atoms with Crippen molar-refractivity contribution in [2.75, 3.05) is 0 Å². The Balaban J connectivity index is -0.0000000267. The maximum Gasteiger partial charge on any atom is 2.00 e. The van der Waals surface area contributed by atoms with Gasteiger partial charge in [-0.3, -0.25) is 0 Å². The largest absolute Gasteiger partial charge is 2.00 e. The van der Waals surface area contributed by atoms with Crippen LogP contribution in [0, 0.1) is 0 Å². The van der Waals surface area contributed by atoms with Crippen LogP contribution in [0.5, 0.6) is 0 Å². The first-order chi connectivity index (χ1) is 2.00. The molecule has 0 heterocycles. The average molecular weight is 221 g/mol. The first-order valence-electron chi connectivity index (χ1n) is 0.730. The van der Waals surface area contributed by atoms with E-state index < -0.39 is 7.82 Å². The second-order valence-corrected chi connectivity index (χ2v) is 1.34. The molecule has 0 aromatic carbocycles. The summed E-state index contributed by atoms with van der Waals surface area (Å²) in [5, 5.41) is 0. The molecule has 0 aliphatic heterocycles. The molecule has 0 bridgehead atoms. The minimum Gasteiger partial charge on any atom is -0.822 e. The zero-order valence-electron chi connectivity index (χ0n) is 3.74. The molecule has 0 aromatic heterocycles. The second kappa shape index (κ2) is 8.75. The summed E-state index contributed by atoms with van der Waals surface area (Å²) in [6, 6.07) is 0. The molecule has 0 saturated carbocycles. The van der Waals surface area contributed by atoms with E-state index >= 15 is 0 Å². The molecule has 49 valence electrons. The van der Waals surface area contributed by atoms with Crippen LogP contribution in [0.1, 0.15) is 0 Å². The van der Waals surface area contributed by atoms with E-state index in [2.05, 4.69) is 0 Å². The van der Waals surface area contributed by atoms with E-state index in [1.54, 1.807) is 0 Å². The Morgan fingerprint density at radius 2 is 1.12 bits per heavy atom. The molecule has 0 spiro atoms. The SMILES string of the molecule is O=P([O-])([O-])[O-].[Cu+2].[Fe].[Li+]. The number of rotatable bonds is 0. The van der Waals surface area contributed by atoms with E-state index in [1.807, 2.05) is 0 Å². The van der Waals surface area contributed by atoms with Gasteiger partial charge in [0.1, 0.15) is 0 Å². The molecule has 0 aliphatic rings. The molecule has 8 heavy (non-hydrogen) atoms. The van der Waals surface area contributed by atoms with Gasteiger partial charge in [0, 0.05) is 17.1 Å². The van der Waals surface area contributed by atoms with E-state index in [1.165, 1.54) is 0 Å². The van der Waals surface area contributed by atoms with Crippen LogP contribution in [0.3, 0.4) is 0 Å². The fraction of sp³-hybridized carbons (Fsp3) is 0. The smallest absolute Gasteiger partial charge is 0.822 e. The molecule has 0 aromatic rings. The summed E-state index contributed by atoms with van der Waals surface area (Å²) in [5.74, 6) is 0. The molecule has 0 amide bonds. The molecular weight excluding hydrogens is 221 g/mol. The topological polar surface area (TPSA) is 86.2 Å². The first kappa shape index (κ1) is 22.6. The van der Waals surface area contributed by atoms with Crippen LogP contribution in [0.4, 0.5) is 0 Å². The van der Waals surface area contributed by atoms with Crippen LogP contribution >= 0.6 is 7.82 Å². The van der Waals surface area contributed by atoms with Crippen molar-refractivity contribution in [1.29, 1.82) is 0 Å². The molecule has 0 fully saturated rings. The standard InChI is InChI=1S/Cu.Fe.Li.H3O4P/c;;;1-5(2,3)4/h;;;(H3,1,2,3,4)/q+2;;+1;/p-3. The fourth-order valence-electron chi connectivity index (χ4n) is 0. The molecule has 0 saturated heterocycles. The van der Waals surface area contributed by atoms with E-state index in [4.69, 9.17) is 19.2 Å². The van der Waals surface area contributed by atoms with Gasteiger partial charge in [0.05, 0.1) is 0 Å². The van der Waals surface area contributed by atoms with Crippen molar-refractivity contribution in [1.82, 2.24) is 0 Å². The molecule has 0 unspecified atom stereocenters. The molecule has 0 rings (SSSR count). The molecule has 0 atom stereocenters. The zero-order valence-corrected chi connectivity index (χ0v) is 6.68. The van der Waals surface area contributed by atoms with Crippen molar-refractivity contribution in [3.63, 3.8) is 0 Å². The van der Waals surface area contributed by atoms with E-state index in [0.29, 0.717) is 0 Å². The van der Waals surface area contributed by atoms with Gasteiger partial charge in [-0.05, 0) is 0 Å². The number of hydrogen-bond acceptors (Lipinski definition) is 4. The first-order valence-corrected chi connectivity index (χ1v) is 2.19. The summed E-state index contributed by atoms with van der Waals surface area (Å²) in [6.45, 7) is 0.